The molecular formula is C16H36OSi. The first-order valence-electron chi connectivity index (χ1n) is 7.86. The van der Waals surface area contributed by atoms with E-state index in [2.05, 4.69) is 62.3 Å². The topological polar surface area (TPSA) is 9.23 Å². The minimum Gasteiger partial charge on any atom is -0.413 e. The van der Waals surface area contributed by atoms with Crippen molar-refractivity contribution in [1.82, 2.24) is 0 Å². The predicted molar refractivity (Wildman–Crippen MR) is 85.6 cm³/mol. The van der Waals surface area contributed by atoms with Crippen LogP contribution in [0.1, 0.15) is 68.7 Å². The van der Waals surface area contributed by atoms with E-state index in [-0.39, 0.29) is 0 Å². The van der Waals surface area contributed by atoms with Gasteiger partial charge in [-0.15, -0.1) is 0 Å². The van der Waals surface area contributed by atoms with Crippen LogP contribution in [0.5, 0.6) is 0 Å². The molecule has 0 N–H and O–H groups in total. The van der Waals surface area contributed by atoms with E-state index in [1.165, 1.54) is 12.5 Å². The minimum atomic E-state index is -1.64. The highest BCUT2D eigenvalue weighted by Crippen LogP contribution is 2.40. The molecule has 0 amide bonds. The van der Waals surface area contributed by atoms with E-state index in [0.717, 1.165) is 0 Å². The third kappa shape index (κ3) is 4.38. The van der Waals surface area contributed by atoms with Crippen molar-refractivity contribution >= 4 is 8.32 Å². The standard InChI is InChI=1S/C16H36OSi/c1-10-11-18(14(6)7,15(8)9)17-16(12(2)3)13(4)5/h12-16H,10-11H2,1-9H3. The van der Waals surface area contributed by atoms with Crippen molar-refractivity contribution in [2.45, 2.75) is 92.0 Å². The van der Waals surface area contributed by atoms with Gasteiger partial charge in [0.1, 0.15) is 0 Å². The Morgan fingerprint density at radius 2 is 1.17 bits per heavy atom. The lowest BCUT2D eigenvalue weighted by Gasteiger charge is -2.44. The fourth-order valence-corrected chi connectivity index (χ4v) is 8.24. The minimum absolute atomic E-state index is 0.424. The van der Waals surface area contributed by atoms with Gasteiger partial charge in [0.25, 0.3) is 0 Å². The van der Waals surface area contributed by atoms with Crippen LogP contribution in [-0.2, 0) is 4.43 Å². The van der Waals surface area contributed by atoms with Gasteiger partial charge in [-0.3, -0.25) is 0 Å². The smallest absolute Gasteiger partial charge is 0.198 e. The summed E-state index contributed by atoms with van der Waals surface area (Å²) in [5.41, 5.74) is 1.41. The van der Waals surface area contributed by atoms with E-state index >= 15 is 0 Å². The highest BCUT2D eigenvalue weighted by molar-refractivity contribution is 6.76. The average Bonchev–Trinajstić information content (AvgIpc) is 2.21. The summed E-state index contributed by atoms with van der Waals surface area (Å²) in [5, 5.41) is 0. The maximum atomic E-state index is 6.86. The zero-order valence-corrected chi connectivity index (χ0v) is 15.2. The Bertz CT molecular complexity index is 205. The summed E-state index contributed by atoms with van der Waals surface area (Å²) in [7, 11) is -1.64. The second kappa shape index (κ2) is 7.69. The maximum absolute atomic E-state index is 6.86. The molecule has 0 saturated heterocycles. The molecule has 0 unspecified atom stereocenters. The Balaban J connectivity index is 5.18. The normalized spacial score (nSPS) is 13.7. The zero-order valence-electron chi connectivity index (χ0n) is 14.2. The molecule has 0 atom stereocenters. The largest absolute Gasteiger partial charge is 0.413 e. The SMILES string of the molecule is CCC[Si](OC(C(C)C)C(C)C)(C(C)C)C(C)C. The van der Waals surface area contributed by atoms with E-state index in [9.17, 15) is 0 Å². The van der Waals surface area contributed by atoms with Gasteiger partial charge in [-0.25, -0.2) is 0 Å². The third-order valence-electron chi connectivity index (χ3n) is 4.26. The fraction of sp³-hybridized carbons (Fsp3) is 1.00. The van der Waals surface area contributed by atoms with Crippen molar-refractivity contribution in [2.75, 3.05) is 0 Å². The van der Waals surface area contributed by atoms with Gasteiger partial charge in [0.05, 0.1) is 0 Å². The number of rotatable bonds is 8. The molecule has 0 aliphatic rings. The zero-order chi connectivity index (χ0) is 14.5. The van der Waals surface area contributed by atoms with Gasteiger partial charge in [0, 0.05) is 6.10 Å². The molecule has 110 valence electrons. The highest BCUT2D eigenvalue weighted by Gasteiger charge is 2.43. The van der Waals surface area contributed by atoms with E-state index in [1.54, 1.807) is 0 Å². The van der Waals surface area contributed by atoms with Crippen LogP contribution in [0.2, 0.25) is 17.1 Å². The summed E-state index contributed by atoms with van der Waals surface area (Å²) in [6.07, 6.45) is 1.68. The van der Waals surface area contributed by atoms with Crippen molar-refractivity contribution < 1.29 is 4.43 Å². The second-order valence-corrected chi connectivity index (χ2v) is 12.0. The molecule has 0 spiro atoms. The van der Waals surface area contributed by atoms with Crippen LogP contribution in [-0.4, -0.2) is 14.4 Å². The quantitative estimate of drug-likeness (QED) is 0.503. The molecular weight excluding hydrogens is 236 g/mol. The van der Waals surface area contributed by atoms with Crippen LogP contribution >= 0.6 is 0 Å². The monoisotopic (exact) mass is 272 g/mol. The molecule has 0 saturated carbocycles. The Labute approximate surface area is 117 Å². The number of hydrogen-bond donors (Lipinski definition) is 0. The van der Waals surface area contributed by atoms with E-state index < -0.39 is 8.32 Å². The first-order valence-corrected chi connectivity index (χ1v) is 10.1. The molecule has 0 fully saturated rings. The molecule has 0 aromatic rings. The van der Waals surface area contributed by atoms with Crippen molar-refractivity contribution in [3.8, 4) is 0 Å². The Morgan fingerprint density at radius 1 is 0.778 bits per heavy atom. The van der Waals surface area contributed by atoms with Gasteiger partial charge in [0.2, 0.25) is 0 Å². The molecule has 1 nitrogen and oxygen atoms in total. The molecule has 0 aromatic carbocycles. The lowest BCUT2D eigenvalue weighted by molar-refractivity contribution is 0.0873. The summed E-state index contributed by atoms with van der Waals surface area (Å²) >= 11 is 0. The summed E-state index contributed by atoms with van der Waals surface area (Å²) in [6.45, 7) is 21.0. The Kier molecular flexibility index (Phi) is 7.77. The van der Waals surface area contributed by atoms with Crippen molar-refractivity contribution in [3.05, 3.63) is 0 Å². The molecule has 2 heteroatoms. The van der Waals surface area contributed by atoms with Crippen LogP contribution in [0.15, 0.2) is 0 Å². The van der Waals surface area contributed by atoms with Gasteiger partial charge in [-0.2, -0.15) is 0 Å². The first-order chi connectivity index (χ1) is 8.19. The Hall–Kier alpha value is 0.177. The fourth-order valence-electron chi connectivity index (χ4n) is 3.26. The molecule has 0 heterocycles. The lowest BCUT2D eigenvalue weighted by atomic mass is 9.97. The van der Waals surface area contributed by atoms with Crippen LogP contribution in [0, 0.1) is 11.8 Å². The van der Waals surface area contributed by atoms with Crippen molar-refractivity contribution in [1.29, 1.82) is 0 Å². The summed E-state index contributed by atoms with van der Waals surface area (Å²) < 4.78 is 6.86. The molecule has 0 aliphatic carbocycles. The van der Waals surface area contributed by atoms with Gasteiger partial charge in [-0.05, 0) is 29.0 Å². The van der Waals surface area contributed by atoms with Gasteiger partial charge < -0.3 is 4.43 Å². The predicted octanol–water partition coefficient (Wildman–Crippen LogP) is 5.86. The van der Waals surface area contributed by atoms with Gasteiger partial charge in [-0.1, -0.05) is 68.7 Å². The molecule has 0 rings (SSSR count). The van der Waals surface area contributed by atoms with Gasteiger partial charge >= 0.3 is 0 Å². The van der Waals surface area contributed by atoms with Crippen LogP contribution in [0.3, 0.4) is 0 Å². The van der Waals surface area contributed by atoms with E-state index in [0.29, 0.717) is 29.0 Å². The second-order valence-electron chi connectivity index (χ2n) is 7.08. The molecule has 0 radical (unpaired) electrons. The third-order valence-corrected chi connectivity index (χ3v) is 10.2. The van der Waals surface area contributed by atoms with Gasteiger partial charge in [0.15, 0.2) is 8.32 Å². The van der Waals surface area contributed by atoms with E-state index in [4.69, 9.17) is 4.43 Å². The van der Waals surface area contributed by atoms with Crippen LogP contribution < -0.4 is 0 Å². The van der Waals surface area contributed by atoms with Crippen LogP contribution in [0.25, 0.3) is 0 Å². The molecule has 18 heavy (non-hydrogen) atoms. The molecule has 0 aliphatic heterocycles. The Morgan fingerprint density at radius 3 is 1.39 bits per heavy atom. The maximum Gasteiger partial charge on any atom is 0.198 e. The van der Waals surface area contributed by atoms with Crippen molar-refractivity contribution in [2.24, 2.45) is 11.8 Å². The van der Waals surface area contributed by atoms with Crippen LogP contribution in [0.4, 0.5) is 0 Å². The number of hydrogen-bond acceptors (Lipinski definition) is 1. The molecule has 0 aromatic heterocycles. The van der Waals surface area contributed by atoms with E-state index in [1.807, 2.05) is 0 Å². The summed E-state index contributed by atoms with van der Waals surface area (Å²) in [5.74, 6) is 1.23. The lowest BCUT2D eigenvalue weighted by Crippen LogP contribution is -2.49. The highest BCUT2D eigenvalue weighted by atomic mass is 28.4. The summed E-state index contributed by atoms with van der Waals surface area (Å²) in [4.78, 5) is 0. The molecule has 0 bridgehead atoms. The van der Waals surface area contributed by atoms with Crippen molar-refractivity contribution in [3.63, 3.8) is 0 Å². The average molecular weight is 273 g/mol. The first kappa shape index (κ1) is 18.2. The summed E-state index contributed by atoms with van der Waals surface area (Å²) in [6, 6.07) is 1.30.